The molecule has 0 bridgehead atoms. The summed E-state index contributed by atoms with van der Waals surface area (Å²) in [6.45, 7) is 0. The van der Waals surface area contributed by atoms with Crippen molar-refractivity contribution in [2.75, 3.05) is 4.90 Å². The zero-order chi connectivity index (χ0) is 38.4. The summed E-state index contributed by atoms with van der Waals surface area (Å²) in [6.07, 6.45) is 0. The van der Waals surface area contributed by atoms with Crippen LogP contribution in [-0.4, -0.2) is 0 Å². The van der Waals surface area contributed by atoms with E-state index in [0.717, 1.165) is 50.1 Å². The van der Waals surface area contributed by atoms with Crippen molar-refractivity contribution in [2.24, 2.45) is 0 Å². The van der Waals surface area contributed by atoms with Gasteiger partial charge >= 0.3 is 0 Å². The van der Waals surface area contributed by atoms with Crippen LogP contribution in [0.15, 0.2) is 229 Å². The number of fused-ring (bicyclic) bond motifs is 6. The van der Waals surface area contributed by atoms with Crippen LogP contribution >= 0.6 is 0 Å². The Balaban J connectivity index is 1.01. The second kappa shape index (κ2) is 14.1. The van der Waals surface area contributed by atoms with E-state index in [9.17, 15) is 0 Å². The van der Waals surface area contributed by atoms with Gasteiger partial charge in [-0.1, -0.05) is 182 Å². The first-order valence-corrected chi connectivity index (χ1v) is 19.8. The minimum absolute atomic E-state index is 0.892. The molecule has 0 fully saturated rings. The van der Waals surface area contributed by atoms with Crippen molar-refractivity contribution in [3.8, 4) is 44.5 Å². The van der Waals surface area contributed by atoms with Crippen molar-refractivity contribution in [2.45, 2.75) is 0 Å². The van der Waals surface area contributed by atoms with Gasteiger partial charge in [-0.15, -0.1) is 0 Å². The van der Waals surface area contributed by atoms with E-state index in [-0.39, 0.29) is 0 Å². The second-order valence-electron chi connectivity index (χ2n) is 14.9. The van der Waals surface area contributed by atoms with Crippen LogP contribution in [-0.2, 0) is 0 Å². The molecule has 11 aromatic rings. The Labute approximate surface area is 337 Å². The lowest BCUT2D eigenvalue weighted by Gasteiger charge is -2.28. The summed E-state index contributed by atoms with van der Waals surface area (Å²) in [4.78, 5) is 2.40. The maximum absolute atomic E-state index is 6.60. The molecule has 1 aromatic heterocycles. The summed E-state index contributed by atoms with van der Waals surface area (Å²) in [5, 5.41) is 7.14. The zero-order valence-corrected chi connectivity index (χ0v) is 31.7. The first-order valence-electron chi connectivity index (χ1n) is 19.8. The smallest absolute Gasteiger partial charge is 0.143 e. The van der Waals surface area contributed by atoms with Crippen LogP contribution in [0.5, 0.6) is 0 Å². The monoisotopic (exact) mass is 739 g/mol. The molecule has 0 aliphatic rings. The Kier molecular flexibility index (Phi) is 8.19. The van der Waals surface area contributed by atoms with E-state index in [1.54, 1.807) is 0 Å². The standard InChI is InChI=1S/C56H37NO/c1-3-11-38(12-4-1)40-21-23-41(24-22-40)42-27-32-47(33-28-42)57(53-20-9-16-45-26-25-43-15-7-8-17-49(43)55(45)53)48-34-29-44(30-35-48)50-18-10-19-51-52-37-46(39-13-5-2-6-14-39)31-36-54(52)58-56(50)51/h1-37H. The molecule has 0 amide bonds. The van der Waals surface area contributed by atoms with Crippen LogP contribution < -0.4 is 4.90 Å². The Morgan fingerprint density at radius 3 is 1.50 bits per heavy atom. The van der Waals surface area contributed by atoms with Crippen molar-refractivity contribution in [1.82, 2.24) is 0 Å². The molecule has 58 heavy (non-hydrogen) atoms. The average Bonchev–Trinajstić information content (AvgIpc) is 3.69. The molecule has 0 spiro atoms. The van der Waals surface area contributed by atoms with Gasteiger partial charge in [0.1, 0.15) is 11.2 Å². The van der Waals surface area contributed by atoms with Crippen molar-refractivity contribution >= 4 is 60.5 Å². The maximum Gasteiger partial charge on any atom is 0.143 e. The summed E-state index contributed by atoms with van der Waals surface area (Å²) in [7, 11) is 0. The number of furan rings is 1. The van der Waals surface area contributed by atoms with E-state index >= 15 is 0 Å². The van der Waals surface area contributed by atoms with Crippen LogP contribution in [0.4, 0.5) is 17.1 Å². The third-order valence-corrected chi connectivity index (χ3v) is 11.5. The molecule has 11 rings (SSSR count). The fourth-order valence-corrected chi connectivity index (χ4v) is 8.57. The topological polar surface area (TPSA) is 16.4 Å². The fourth-order valence-electron chi connectivity index (χ4n) is 8.57. The van der Waals surface area contributed by atoms with Gasteiger partial charge in [-0.3, -0.25) is 0 Å². The fraction of sp³-hybridized carbons (Fsp3) is 0. The molecule has 1 heterocycles. The maximum atomic E-state index is 6.60. The van der Waals surface area contributed by atoms with Crippen molar-refractivity contribution in [3.63, 3.8) is 0 Å². The molecule has 0 radical (unpaired) electrons. The highest BCUT2D eigenvalue weighted by Gasteiger charge is 2.19. The van der Waals surface area contributed by atoms with E-state index in [2.05, 4.69) is 229 Å². The summed E-state index contributed by atoms with van der Waals surface area (Å²) >= 11 is 0. The summed E-state index contributed by atoms with van der Waals surface area (Å²) in [6, 6.07) is 80.6. The minimum atomic E-state index is 0.892. The van der Waals surface area contributed by atoms with E-state index in [1.165, 1.54) is 54.9 Å². The van der Waals surface area contributed by atoms with Crippen LogP contribution in [0.3, 0.4) is 0 Å². The van der Waals surface area contributed by atoms with Gasteiger partial charge in [0.2, 0.25) is 0 Å². The third kappa shape index (κ3) is 5.91. The van der Waals surface area contributed by atoms with Crippen molar-refractivity contribution in [3.05, 3.63) is 224 Å². The molecule has 0 saturated carbocycles. The molecule has 2 heteroatoms. The highest BCUT2D eigenvalue weighted by atomic mass is 16.3. The Hall–Kier alpha value is -7.68. The van der Waals surface area contributed by atoms with Gasteiger partial charge in [0.05, 0.1) is 5.69 Å². The van der Waals surface area contributed by atoms with E-state index in [1.807, 2.05) is 0 Å². The zero-order valence-electron chi connectivity index (χ0n) is 31.7. The molecule has 0 atom stereocenters. The van der Waals surface area contributed by atoms with Crippen LogP contribution in [0, 0.1) is 0 Å². The molecule has 0 aliphatic heterocycles. The molecule has 0 aliphatic carbocycles. The summed E-state index contributed by atoms with van der Waals surface area (Å²) in [5.74, 6) is 0. The largest absolute Gasteiger partial charge is 0.455 e. The first kappa shape index (κ1) is 33.6. The predicted octanol–water partition coefficient (Wildman–Crippen LogP) is 16.0. The van der Waals surface area contributed by atoms with Crippen LogP contribution in [0.1, 0.15) is 0 Å². The number of rotatable bonds is 7. The highest BCUT2D eigenvalue weighted by Crippen LogP contribution is 2.44. The van der Waals surface area contributed by atoms with E-state index in [0.29, 0.717) is 0 Å². The Morgan fingerprint density at radius 1 is 0.310 bits per heavy atom. The molecule has 0 saturated heterocycles. The number of benzene rings is 10. The molecular formula is C56H37NO. The van der Waals surface area contributed by atoms with Gasteiger partial charge < -0.3 is 9.32 Å². The Bertz CT molecular complexity index is 3240. The minimum Gasteiger partial charge on any atom is -0.455 e. The second-order valence-corrected chi connectivity index (χ2v) is 14.9. The lowest BCUT2D eigenvalue weighted by atomic mass is 9.98. The molecule has 0 N–H and O–H groups in total. The number of nitrogens with zero attached hydrogens (tertiary/aromatic N) is 1. The van der Waals surface area contributed by atoms with E-state index < -0.39 is 0 Å². The highest BCUT2D eigenvalue weighted by molar-refractivity contribution is 6.15. The van der Waals surface area contributed by atoms with Gasteiger partial charge in [0.15, 0.2) is 0 Å². The molecule has 0 unspecified atom stereocenters. The van der Waals surface area contributed by atoms with Crippen molar-refractivity contribution in [1.29, 1.82) is 0 Å². The summed E-state index contributed by atoms with van der Waals surface area (Å²) < 4.78 is 6.60. The van der Waals surface area contributed by atoms with Gasteiger partial charge in [-0.05, 0) is 97.6 Å². The average molecular weight is 740 g/mol. The van der Waals surface area contributed by atoms with Gasteiger partial charge in [-0.2, -0.15) is 0 Å². The van der Waals surface area contributed by atoms with Gasteiger partial charge in [0, 0.05) is 33.1 Å². The molecular weight excluding hydrogens is 703 g/mol. The number of hydrogen-bond donors (Lipinski definition) is 0. The van der Waals surface area contributed by atoms with Gasteiger partial charge in [-0.25, -0.2) is 0 Å². The first-order chi connectivity index (χ1) is 28.7. The number of anilines is 3. The number of hydrogen-bond acceptors (Lipinski definition) is 2. The SMILES string of the molecule is c1ccc(-c2ccc(-c3ccc(N(c4ccc(-c5cccc6c5oc5ccc(-c7ccccc7)cc56)cc4)c4cccc5ccc6ccccc6c45)cc3)cc2)cc1. The predicted molar refractivity (Wildman–Crippen MR) is 245 cm³/mol. The molecule has 2 nitrogen and oxygen atoms in total. The lowest BCUT2D eigenvalue weighted by Crippen LogP contribution is -2.10. The van der Waals surface area contributed by atoms with Crippen molar-refractivity contribution < 1.29 is 4.42 Å². The van der Waals surface area contributed by atoms with Crippen LogP contribution in [0.2, 0.25) is 0 Å². The molecule has 272 valence electrons. The Morgan fingerprint density at radius 2 is 0.810 bits per heavy atom. The normalized spacial score (nSPS) is 11.4. The third-order valence-electron chi connectivity index (χ3n) is 11.5. The lowest BCUT2D eigenvalue weighted by molar-refractivity contribution is 0.670. The van der Waals surface area contributed by atoms with E-state index in [4.69, 9.17) is 4.42 Å². The molecule has 10 aromatic carbocycles. The van der Waals surface area contributed by atoms with Crippen LogP contribution in [0.25, 0.3) is 88.0 Å². The number of para-hydroxylation sites is 1. The van der Waals surface area contributed by atoms with Gasteiger partial charge in [0.25, 0.3) is 0 Å². The summed E-state index contributed by atoms with van der Waals surface area (Å²) in [5.41, 5.74) is 14.5. The quantitative estimate of drug-likeness (QED) is 0.151.